The number of nitrogens with zero attached hydrogens (tertiary/aromatic N) is 1. The van der Waals surface area contributed by atoms with Gasteiger partial charge in [0, 0.05) is 61.2 Å². The fourth-order valence-electron chi connectivity index (χ4n) is 7.15. The van der Waals surface area contributed by atoms with E-state index in [4.69, 9.17) is 18.9 Å². The number of phenolic OH excluding ortho intramolecular Hbond substituents is 2. The number of rotatable bonds is 2. The molecule has 2 aliphatic heterocycles. The summed E-state index contributed by atoms with van der Waals surface area (Å²) in [5, 5.41) is 48.4. The molecule has 0 saturated heterocycles. The number of Topliss-reactive ketones (excluding diaryl/α,β-unsaturated/α-hetero) is 1. The summed E-state index contributed by atoms with van der Waals surface area (Å²) in [6.45, 7) is 12.7. The van der Waals surface area contributed by atoms with Crippen LogP contribution in [0.25, 0.3) is 21.8 Å². The summed E-state index contributed by atoms with van der Waals surface area (Å²) in [6, 6.07) is 0. The van der Waals surface area contributed by atoms with E-state index in [0.717, 1.165) is 0 Å². The number of aliphatic hydroxyl groups excluding tert-OH is 2. The Labute approximate surface area is 301 Å². The van der Waals surface area contributed by atoms with Gasteiger partial charge in [0.1, 0.15) is 23.3 Å². The highest BCUT2D eigenvalue weighted by molar-refractivity contribution is 6.27. The van der Waals surface area contributed by atoms with Crippen molar-refractivity contribution in [2.75, 3.05) is 12.4 Å². The Kier molecular flexibility index (Phi) is 10.8. The van der Waals surface area contributed by atoms with Crippen LogP contribution >= 0.6 is 0 Å². The highest BCUT2D eigenvalue weighted by Gasteiger charge is 2.49. The number of imidazole rings is 1. The number of aromatic amines is 1. The lowest BCUT2D eigenvalue weighted by molar-refractivity contribution is -0.160. The molecule has 14 heteroatoms. The molecule has 0 saturated carbocycles. The van der Waals surface area contributed by atoms with Crippen molar-refractivity contribution in [3.63, 3.8) is 0 Å². The van der Waals surface area contributed by atoms with Crippen LogP contribution in [0.4, 0.5) is 5.69 Å². The normalized spacial score (nSPS) is 32.6. The third kappa shape index (κ3) is 6.61. The third-order valence-electron chi connectivity index (χ3n) is 10.4. The van der Waals surface area contributed by atoms with Crippen molar-refractivity contribution >= 4 is 45.2 Å². The van der Waals surface area contributed by atoms with E-state index >= 15 is 0 Å². The number of hydrogen-bond donors (Lipinski definition) is 6. The molecule has 0 fully saturated rings. The summed E-state index contributed by atoms with van der Waals surface area (Å²) in [7, 11) is 1.45. The van der Waals surface area contributed by atoms with Crippen LogP contribution in [0.3, 0.4) is 0 Å². The standard InChI is InChI=1S/C38H47N3O11/c1-16-11-10-12-17(2)37(48)41-29-28-27(39-15-40-28)24-25(33(29)46)32(45)21(6)35-26(24)36(47)38(8,52-35)50-14-13-23(49-9)18(3)34(51-22(7)42)20(5)31(44)19(4)30(16)43/h10-16,18-20,23,30-31,34,43-46H,1-9H3,(H,39,40)(H,41,48)/b11-10+,14-13+,17-12-. The minimum Gasteiger partial charge on any atom is -0.507 e. The van der Waals surface area contributed by atoms with Gasteiger partial charge in [-0.1, -0.05) is 45.9 Å². The second-order valence-electron chi connectivity index (χ2n) is 14.0. The molecule has 4 bridgehead atoms. The van der Waals surface area contributed by atoms with E-state index in [1.165, 1.54) is 52.6 Å². The quantitative estimate of drug-likeness (QED) is 0.154. The molecule has 5 rings (SSSR count). The van der Waals surface area contributed by atoms with Gasteiger partial charge in [-0.25, -0.2) is 4.98 Å². The lowest BCUT2D eigenvalue weighted by Crippen LogP contribution is -2.46. The first-order chi connectivity index (χ1) is 24.4. The number of methoxy groups -OCH3 is 1. The smallest absolute Gasteiger partial charge is 0.312 e. The number of phenols is 2. The first-order valence-corrected chi connectivity index (χ1v) is 17.1. The van der Waals surface area contributed by atoms with Crippen molar-refractivity contribution in [1.29, 1.82) is 0 Å². The molecule has 3 heterocycles. The number of nitrogens with one attached hydrogen (secondary N) is 2. The van der Waals surface area contributed by atoms with E-state index in [1.807, 2.05) is 0 Å². The monoisotopic (exact) mass is 721 g/mol. The number of aliphatic hydroxyl groups is 2. The minimum absolute atomic E-state index is 0.0157. The summed E-state index contributed by atoms with van der Waals surface area (Å²) in [5.41, 5.74) is 0.716. The highest BCUT2D eigenvalue weighted by Crippen LogP contribution is 2.53. The van der Waals surface area contributed by atoms with Gasteiger partial charge in [-0.05, 0) is 19.9 Å². The Balaban J connectivity index is 1.68. The van der Waals surface area contributed by atoms with Gasteiger partial charge in [0.2, 0.25) is 0 Å². The van der Waals surface area contributed by atoms with E-state index in [0.29, 0.717) is 0 Å². The lowest BCUT2D eigenvalue weighted by atomic mass is 9.78. The molecule has 3 aromatic rings. The average molecular weight is 722 g/mol. The zero-order valence-electron chi connectivity index (χ0n) is 30.7. The van der Waals surface area contributed by atoms with Gasteiger partial charge in [-0.15, -0.1) is 0 Å². The van der Waals surface area contributed by atoms with E-state index in [1.54, 1.807) is 46.8 Å². The van der Waals surface area contributed by atoms with Crippen molar-refractivity contribution in [3.8, 4) is 17.2 Å². The number of aromatic nitrogens is 2. The van der Waals surface area contributed by atoms with Crippen LogP contribution in [0, 0.1) is 30.6 Å². The number of aromatic hydroxyl groups is 2. The summed E-state index contributed by atoms with van der Waals surface area (Å²) in [4.78, 5) is 47.2. The van der Waals surface area contributed by atoms with Crippen molar-refractivity contribution in [3.05, 3.63) is 53.6 Å². The SMILES string of the molecule is COC1/C=C/OC2(C)Oc3c(C)c(O)c4c(O)c(c5[nH]cnc5c4c3C2=O)NC(=O)/C(C)=C\C=C\C(C)C(O)C(C)C(O)C(C)C(OC(C)=O)C1C. The molecule has 0 radical (unpaired) electrons. The second-order valence-corrected chi connectivity index (χ2v) is 14.0. The fraction of sp³-hybridized carbons (Fsp3) is 0.474. The predicted molar refractivity (Wildman–Crippen MR) is 192 cm³/mol. The Morgan fingerprint density at radius 1 is 0.981 bits per heavy atom. The number of ether oxygens (including phenoxy) is 4. The van der Waals surface area contributed by atoms with Gasteiger partial charge in [0.05, 0.1) is 52.9 Å². The van der Waals surface area contributed by atoms with Crippen LogP contribution in [-0.4, -0.2) is 85.4 Å². The molecule has 2 aromatic carbocycles. The van der Waals surface area contributed by atoms with E-state index in [9.17, 15) is 34.8 Å². The van der Waals surface area contributed by atoms with Crippen LogP contribution in [0.15, 0.2) is 42.5 Å². The molecule has 14 nitrogen and oxygen atoms in total. The van der Waals surface area contributed by atoms with Gasteiger partial charge in [0.25, 0.3) is 11.7 Å². The summed E-state index contributed by atoms with van der Waals surface area (Å²) in [6.07, 6.45) is 5.19. The molecule has 280 valence electrons. The predicted octanol–water partition coefficient (Wildman–Crippen LogP) is 4.92. The van der Waals surface area contributed by atoms with Crippen LogP contribution in [-0.2, 0) is 23.8 Å². The lowest BCUT2D eigenvalue weighted by Gasteiger charge is -2.38. The average Bonchev–Trinajstić information content (AvgIpc) is 3.69. The number of fused-ring (bicyclic) bond motifs is 1. The molecule has 0 aliphatic carbocycles. The molecular weight excluding hydrogens is 674 g/mol. The zero-order valence-corrected chi connectivity index (χ0v) is 30.7. The molecule has 0 spiro atoms. The molecule has 1 amide bonds. The van der Waals surface area contributed by atoms with E-state index in [-0.39, 0.29) is 55.7 Å². The number of carbonyl (C=O) groups excluding carboxylic acids is 3. The highest BCUT2D eigenvalue weighted by atomic mass is 16.7. The Morgan fingerprint density at radius 2 is 1.67 bits per heavy atom. The minimum atomic E-state index is -1.93. The van der Waals surface area contributed by atoms with Crippen molar-refractivity contribution in [1.82, 2.24) is 9.97 Å². The van der Waals surface area contributed by atoms with Gasteiger partial charge >= 0.3 is 11.8 Å². The van der Waals surface area contributed by atoms with Crippen LogP contribution in [0.5, 0.6) is 17.2 Å². The summed E-state index contributed by atoms with van der Waals surface area (Å²) in [5.74, 6) is -6.90. The third-order valence-corrected chi connectivity index (χ3v) is 10.4. The largest absolute Gasteiger partial charge is 0.507 e. The zero-order chi connectivity index (χ0) is 38.4. The summed E-state index contributed by atoms with van der Waals surface area (Å²) >= 11 is 0. The first-order valence-electron chi connectivity index (χ1n) is 17.1. The Morgan fingerprint density at radius 3 is 2.33 bits per heavy atom. The number of anilines is 1. The topological polar surface area (TPSA) is 210 Å². The van der Waals surface area contributed by atoms with Gasteiger partial charge in [0.15, 0.2) is 5.75 Å². The van der Waals surface area contributed by atoms with E-state index < -0.39 is 77.3 Å². The number of allylic oxidation sites excluding steroid dienone is 2. The van der Waals surface area contributed by atoms with Crippen molar-refractivity contribution < 1.29 is 53.8 Å². The number of hydrogen-bond acceptors (Lipinski definition) is 12. The van der Waals surface area contributed by atoms with Crippen LogP contribution in [0.1, 0.15) is 64.4 Å². The Bertz CT molecular complexity index is 2000. The van der Waals surface area contributed by atoms with Crippen LogP contribution < -0.4 is 10.1 Å². The number of esters is 1. The molecule has 9 unspecified atom stereocenters. The van der Waals surface area contributed by atoms with Gasteiger partial charge < -0.3 is 49.7 Å². The number of amides is 1. The maximum absolute atomic E-state index is 14.2. The Hall–Kier alpha value is -4.92. The molecular formula is C38H47N3O11. The number of benzene rings is 2. The van der Waals surface area contributed by atoms with Crippen LogP contribution in [0.2, 0.25) is 0 Å². The van der Waals surface area contributed by atoms with Crippen molar-refractivity contribution in [2.24, 2.45) is 23.7 Å². The van der Waals surface area contributed by atoms with Crippen molar-refractivity contribution in [2.45, 2.75) is 85.6 Å². The maximum atomic E-state index is 14.2. The molecule has 52 heavy (non-hydrogen) atoms. The first kappa shape index (κ1) is 38.3. The maximum Gasteiger partial charge on any atom is 0.312 e. The number of H-pyrrole nitrogens is 1. The number of carbonyl (C=O) groups is 3. The molecule has 2 aliphatic rings. The summed E-state index contributed by atoms with van der Waals surface area (Å²) < 4.78 is 23.5. The van der Waals surface area contributed by atoms with E-state index in [2.05, 4.69) is 15.3 Å². The van der Waals surface area contributed by atoms with Gasteiger partial charge in [-0.3, -0.25) is 14.4 Å². The second kappa shape index (κ2) is 14.6. The molecule has 1 aromatic heterocycles. The fourth-order valence-corrected chi connectivity index (χ4v) is 7.15. The molecule has 6 N–H and O–H groups in total. The molecule has 9 atom stereocenters. The number of ketones is 1. The van der Waals surface area contributed by atoms with Gasteiger partial charge in [-0.2, -0.15) is 0 Å².